The van der Waals surface area contributed by atoms with Crippen LogP contribution in [0.1, 0.15) is 43.9 Å². The molecule has 1 spiro atoms. The molecule has 0 unspecified atom stereocenters. The molecule has 0 aliphatic heterocycles. The van der Waals surface area contributed by atoms with Gasteiger partial charge in [-0.3, -0.25) is 4.79 Å². The third-order valence-electron chi connectivity index (χ3n) is 4.09. The molecule has 0 atom stereocenters. The van der Waals surface area contributed by atoms with E-state index in [2.05, 4.69) is 25.9 Å². The summed E-state index contributed by atoms with van der Waals surface area (Å²) >= 11 is 3.44. The van der Waals surface area contributed by atoms with Crippen LogP contribution < -0.4 is 5.73 Å². The van der Waals surface area contributed by atoms with Gasteiger partial charge in [-0.1, -0.05) is 12.8 Å². The van der Waals surface area contributed by atoms with Crippen molar-refractivity contribution in [2.24, 2.45) is 0 Å². The largest absolute Gasteiger partial charge is 0.368 e. The van der Waals surface area contributed by atoms with Crippen molar-refractivity contribution in [3.63, 3.8) is 0 Å². The Morgan fingerprint density at radius 2 is 2.06 bits per heavy atom. The highest BCUT2D eigenvalue weighted by atomic mass is 79.9. The Bertz CT molecular complexity index is 574. The van der Waals surface area contributed by atoms with Crippen LogP contribution in [0.4, 0.5) is 5.95 Å². The number of hydrogen-bond acceptors (Lipinski definition) is 4. The monoisotopic (exact) mass is 307 g/mol. The first kappa shape index (κ1) is 11.8. The molecule has 5 heteroatoms. The average Bonchev–Trinajstić information content (AvgIpc) is 2.85. The molecule has 2 aliphatic carbocycles. The number of Topliss-reactive ketones (excluding diaryl/α,β-unsaturated/α-hetero) is 1. The highest BCUT2D eigenvalue weighted by molar-refractivity contribution is 9.12. The first-order valence-electron chi connectivity index (χ1n) is 6.11. The Labute approximate surface area is 114 Å². The molecule has 1 heterocycles. The van der Waals surface area contributed by atoms with Crippen molar-refractivity contribution in [2.45, 2.75) is 38.0 Å². The van der Waals surface area contributed by atoms with Crippen LogP contribution in [0.25, 0.3) is 5.57 Å². The van der Waals surface area contributed by atoms with E-state index in [-0.39, 0.29) is 11.7 Å². The number of nitrogen functional groups attached to an aromatic ring is 1. The fraction of sp³-hybridized carbons (Fsp3) is 0.462. The maximum Gasteiger partial charge on any atom is 0.220 e. The maximum absolute atomic E-state index is 12.6. The molecule has 2 N–H and O–H groups in total. The summed E-state index contributed by atoms with van der Waals surface area (Å²) < 4.78 is 0.672. The molecule has 4 nitrogen and oxygen atoms in total. The number of hydrogen-bond donors (Lipinski definition) is 1. The zero-order valence-electron chi connectivity index (χ0n) is 10.2. The number of rotatable bonds is 0. The number of carbonyl (C=O) groups excluding carboxylic acids is 1. The lowest BCUT2D eigenvalue weighted by Crippen LogP contribution is -2.38. The summed E-state index contributed by atoms with van der Waals surface area (Å²) in [4.78, 5) is 21.1. The van der Waals surface area contributed by atoms with Gasteiger partial charge in [-0.05, 0) is 41.3 Å². The molecule has 0 bridgehead atoms. The third-order valence-corrected chi connectivity index (χ3v) is 5.04. The number of aromatic nitrogens is 2. The fourth-order valence-electron chi connectivity index (χ4n) is 3.08. The highest BCUT2D eigenvalue weighted by Gasteiger charge is 2.49. The Hall–Kier alpha value is -1.23. The van der Waals surface area contributed by atoms with E-state index in [0.29, 0.717) is 4.48 Å². The van der Waals surface area contributed by atoms with Crippen LogP contribution in [0.2, 0.25) is 0 Å². The zero-order chi connectivity index (χ0) is 12.9. The van der Waals surface area contributed by atoms with Crippen LogP contribution >= 0.6 is 15.9 Å². The van der Waals surface area contributed by atoms with Crippen LogP contribution in [0, 0.1) is 0 Å². The van der Waals surface area contributed by atoms with E-state index in [1.54, 1.807) is 6.20 Å². The van der Waals surface area contributed by atoms with Crippen molar-refractivity contribution < 1.29 is 4.79 Å². The summed E-state index contributed by atoms with van der Waals surface area (Å²) in [5.41, 5.74) is 7.93. The van der Waals surface area contributed by atoms with E-state index in [0.717, 1.165) is 42.5 Å². The second-order valence-electron chi connectivity index (χ2n) is 5.05. The van der Waals surface area contributed by atoms with Crippen LogP contribution in [0.3, 0.4) is 0 Å². The molecule has 18 heavy (non-hydrogen) atoms. The van der Waals surface area contributed by atoms with Gasteiger partial charge in [0.1, 0.15) is 0 Å². The molecule has 1 aromatic heterocycles. The summed E-state index contributed by atoms with van der Waals surface area (Å²) in [5.74, 6) is 0.404. The molecular weight excluding hydrogens is 294 g/mol. The van der Waals surface area contributed by atoms with Gasteiger partial charge in [0, 0.05) is 11.8 Å². The minimum absolute atomic E-state index is 0.156. The summed E-state index contributed by atoms with van der Waals surface area (Å²) in [6.07, 6.45) is 5.58. The Morgan fingerprint density at radius 1 is 1.39 bits per heavy atom. The zero-order valence-corrected chi connectivity index (χ0v) is 11.7. The molecule has 0 saturated heterocycles. The molecule has 1 aromatic rings. The smallest absolute Gasteiger partial charge is 0.220 e. The van der Waals surface area contributed by atoms with Gasteiger partial charge in [-0.2, -0.15) is 0 Å². The average molecular weight is 308 g/mol. The molecule has 0 radical (unpaired) electrons. The molecule has 0 amide bonds. The fourth-order valence-corrected chi connectivity index (χ4v) is 3.68. The van der Waals surface area contributed by atoms with E-state index >= 15 is 0 Å². The molecule has 2 aliphatic rings. The van der Waals surface area contributed by atoms with Gasteiger partial charge >= 0.3 is 0 Å². The van der Waals surface area contributed by atoms with E-state index in [1.807, 2.05) is 6.92 Å². The predicted octanol–water partition coefficient (Wildman–Crippen LogP) is 2.58. The van der Waals surface area contributed by atoms with E-state index in [9.17, 15) is 4.79 Å². The van der Waals surface area contributed by atoms with Crippen molar-refractivity contribution in [3.8, 4) is 0 Å². The lowest BCUT2D eigenvalue weighted by atomic mass is 9.72. The van der Waals surface area contributed by atoms with Crippen LogP contribution in [-0.4, -0.2) is 15.8 Å². The lowest BCUT2D eigenvalue weighted by Gasteiger charge is -2.33. The van der Waals surface area contributed by atoms with Gasteiger partial charge in [0.05, 0.1) is 15.6 Å². The number of allylic oxidation sites excluding steroid dienone is 2. The Kier molecular flexibility index (Phi) is 2.55. The molecule has 3 rings (SSSR count). The SMILES string of the molecule is CC1=C(Br)C(=O)C2(CCCC2)c2nc(N)ncc21. The van der Waals surface area contributed by atoms with E-state index < -0.39 is 5.41 Å². The topological polar surface area (TPSA) is 68.9 Å². The minimum atomic E-state index is -0.468. The highest BCUT2D eigenvalue weighted by Crippen LogP contribution is 2.49. The summed E-state index contributed by atoms with van der Waals surface area (Å²) in [7, 11) is 0. The standard InChI is InChI=1S/C13H14BrN3O/c1-7-8-6-16-12(15)17-10(8)13(4-2-3-5-13)11(18)9(7)14/h6H,2-5H2,1H3,(H2,15,16,17). The second kappa shape index (κ2) is 3.88. The Balaban J connectivity index is 2.32. The summed E-state index contributed by atoms with van der Waals surface area (Å²) in [6, 6.07) is 0. The van der Waals surface area contributed by atoms with Crippen molar-refractivity contribution in [1.82, 2.24) is 9.97 Å². The van der Waals surface area contributed by atoms with Crippen molar-refractivity contribution in [2.75, 3.05) is 5.73 Å². The number of halogens is 1. The molecular formula is C13H14BrN3O. The van der Waals surface area contributed by atoms with Gasteiger partial charge in [-0.15, -0.1) is 0 Å². The van der Waals surface area contributed by atoms with Gasteiger partial charge in [0.25, 0.3) is 0 Å². The number of fused-ring (bicyclic) bond motifs is 2. The van der Waals surface area contributed by atoms with E-state index in [4.69, 9.17) is 5.73 Å². The Morgan fingerprint density at radius 3 is 2.72 bits per heavy atom. The van der Waals surface area contributed by atoms with Crippen molar-refractivity contribution >= 4 is 33.2 Å². The first-order valence-corrected chi connectivity index (χ1v) is 6.90. The molecule has 1 saturated carbocycles. The predicted molar refractivity (Wildman–Crippen MR) is 73.1 cm³/mol. The first-order chi connectivity index (χ1) is 8.56. The number of nitrogens with two attached hydrogens (primary N) is 1. The van der Waals surface area contributed by atoms with Gasteiger partial charge < -0.3 is 5.73 Å². The molecule has 94 valence electrons. The molecule has 0 aromatic carbocycles. The van der Waals surface area contributed by atoms with Gasteiger partial charge in [0.15, 0.2) is 5.78 Å². The van der Waals surface area contributed by atoms with Crippen LogP contribution in [0.15, 0.2) is 10.7 Å². The van der Waals surface area contributed by atoms with Gasteiger partial charge in [0.2, 0.25) is 5.95 Å². The van der Waals surface area contributed by atoms with Crippen LogP contribution in [-0.2, 0) is 10.2 Å². The van der Waals surface area contributed by atoms with Gasteiger partial charge in [-0.25, -0.2) is 9.97 Å². The normalized spacial score (nSPS) is 21.6. The minimum Gasteiger partial charge on any atom is -0.368 e. The van der Waals surface area contributed by atoms with E-state index in [1.165, 1.54) is 0 Å². The third kappa shape index (κ3) is 1.40. The number of anilines is 1. The molecule has 1 fully saturated rings. The van der Waals surface area contributed by atoms with Crippen molar-refractivity contribution in [1.29, 1.82) is 0 Å². The number of nitrogens with zero attached hydrogens (tertiary/aromatic N) is 2. The number of carbonyl (C=O) groups is 1. The van der Waals surface area contributed by atoms with Crippen LogP contribution in [0.5, 0.6) is 0 Å². The van der Waals surface area contributed by atoms with Crippen molar-refractivity contribution in [3.05, 3.63) is 21.9 Å². The number of ketones is 1. The lowest BCUT2D eigenvalue weighted by molar-refractivity contribution is -0.120. The second-order valence-corrected chi connectivity index (χ2v) is 5.84. The quantitative estimate of drug-likeness (QED) is 0.800. The maximum atomic E-state index is 12.6. The summed E-state index contributed by atoms with van der Waals surface area (Å²) in [5, 5.41) is 0. The summed E-state index contributed by atoms with van der Waals surface area (Å²) in [6.45, 7) is 1.92.